The molecule has 0 amide bonds. The van der Waals surface area contributed by atoms with Gasteiger partial charge in [-0.1, -0.05) is 207 Å². The Bertz CT molecular complexity index is 1080. The van der Waals surface area contributed by atoms with Crippen molar-refractivity contribution in [2.45, 2.75) is 318 Å². The first kappa shape index (κ1) is 57.2. The molecule has 4 fully saturated rings. The van der Waals surface area contributed by atoms with Crippen LogP contribution >= 0.6 is 50.5 Å². The fourth-order valence-electron chi connectivity index (χ4n) is 13.4. The highest BCUT2D eigenvalue weighted by molar-refractivity contribution is 7.81. The third kappa shape index (κ3) is 17.4. The Morgan fingerprint density at radius 2 is 0.694 bits per heavy atom. The van der Waals surface area contributed by atoms with Crippen LogP contribution in [0.25, 0.3) is 0 Å². The summed E-state index contributed by atoms with van der Waals surface area (Å²) < 4.78 is 6.41. The van der Waals surface area contributed by atoms with Crippen molar-refractivity contribution in [3.05, 3.63) is 0 Å². The highest BCUT2D eigenvalue weighted by atomic mass is 32.1. The van der Waals surface area contributed by atoms with E-state index in [2.05, 4.69) is 27.7 Å². The van der Waals surface area contributed by atoms with E-state index in [0.717, 1.165) is 57.8 Å². The number of unbranched alkanes of at least 4 members (excludes halogenated alkanes) is 24. The molecule has 0 N–H and O–H groups in total. The number of fused-ring (bicyclic) bond motifs is 1. The van der Waals surface area contributed by atoms with Gasteiger partial charge in [0.25, 0.3) is 0 Å². The maximum Gasteiger partial charge on any atom is 0.313 e. The van der Waals surface area contributed by atoms with E-state index in [1.165, 1.54) is 212 Å². The molecule has 0 spiro atoms. The molecule has 6 atom stereocenters. The molecule has 6 heteroatoms. The summed E-state index contributed by atoms with van der Waals surface area (Å²) in [6, 6.07) is 0. The largest absolute Gasteiger partial charge is 0.465 e. The quantitative estimate of drug-likeness (QED) is 0.0278. The molecule has 3 saturated carbocycles. The molecule has 1 saturated heterocycles. The molecule has 2 nitrogen and oxygen atoms in total. The predicted octanol–water partition coefficient (Wildman–Crippen LogP) is 19.2. The molecule has 62 heavy (non-hydrogen) atoms. The van der Waals surface area contributed by atoms with E-state index in [9.17, 15) is 4.79 Å². The van der Waals surface area contributed by atoms with Gasteiger partial charge in [-0.15, -0.1) is 0 Å². The van der Waals surface area contributed by atoms with Crippen LogP contribution in [0.2, 0.25) is 0 Å². The summed E-state index contributed by atoms with van der Waals surface area (Å²) in [6.07, 6.45) is 53.8. The highest BCUT2D eigenvalue weighted by Crippen LogP contribution is 2.90. The van der Waals surface area contributed by atoms with Gasteiger partial charge in [0.1, 0.15) is 0 Å². The van der Waals surface area contributed by atoms with Crippen molar-refractivity contribution in [1.82, 2.24) is 0 Å². The fourth-order valence-corrected chi connectivity index (χ4v) is 14.7. The molecule has 6 unspecified atom stereocenters. The van der Waals surface area contributed by atoms with E-state index >= 15 is 0 Å². The first-order valence-electron chi connectivity index (χ1n) is 28.0. The molecule has 0 aromatic carbocycles. The lowest BCUT2D eigenvalue weighted by Gasteiger charge is -2.69. The van der Waals surface area contributed by atoms with Crippen LogP contribution in [0.15, 0.2) is 0 Å². The van der Waals surface area contributed by atoms with Crippen molar-refractivity contribution in [1.29, 1.82) is 0 Å². The number of cyclic esters (lactones) is 1. The van der Waals surface area contributed by atoms with Gasteiger partial charge in [0.15, 0.2) is 0 Å². The Labute approximate surface area is 410 Å². The number of carbonyl (C=O) groups is 1. The second-order valence-corrected chi connectivity index (χ2v) is 24.8. The Balaban J connectivity index is 1.80. The number of hydrogen-bond acceptors (Lipinski definition) is 6. The molecule has 2 bridgehead atoms. The Morgan fingerprint density at radius 1 is 0.403 bits per heavy atom. The maximum absolute atomic E-state index is 15.0. The Kier molecular flexibility index (Phi) is 30.1. The summed E-state index contributed by atoms with van der Waals surface area (Å²) in [6.45, 7) is 9.87. The summed E-state index contributed by atoms with van der Waals surface area (Å²) in [5.41, 5.74) is -0.280. The van der Waals surface area contributed by atoms with Crippen LogP contribution in [-0.4, -0.2) is 33.6 Å². The normalized spacial score (nSPS) is 26.0. The van der Waals surface area contributed by atoms with Crippen LogP contribution in [-0.2, 0) is 9.53 Å². The molecule has 4 aliphatic rings. The zero-order valence-electron chi connectivity index (χ0n) is 41.8. The first-order chi connectivity index (χ1) is 30.1. The van der Waals surface area contributed by atoms with Gasteiger partial charge in [-0.25, -0.2) is 0 Å². The molecule has 0 radical (unpaired) electrons. The van der Waals surface area contributed by atoms with Crippen molar-refractivity contribution in [3.8, 4) is 0 Å². The van der Waals surface area contributed by atoms with Crippen LogP contribution in [0.1, 0.15) is 297 Å². The predicted molar refractivity (Wildman–Crippen MR) is 288 cm³/mol. The van der Waals surface area contributed by atoms with Crippen molar-refractivity contribution < 1.29 is 9.53 Å². The molecular formula is C56H106O2S4. The van der Waals surface area contributed by atoms with Crippen molar-refractivity contribution in [3.63, 3.8) is 0 Å². The van der Waals surface area contributed by atoms with Gasteiger partial charge in [0.2, 0.25) is 0 Å². The molecular weight excluding hydrogens is 833 g/mol. The van der Waals surface area contributed by atoms with Crippen molar-refractivity contribution in [2.75, 3.05) is 6.61 Å². The van der Waals surface area contributed by atoms with Gasteiger partial charge in [-0.05, 0) is 101 Å². The Hall–Kier alpha value is 0.870. The molecule has 366 valence electrons. The van der Waals surface area contributed by atoms with E-state index < -0.39 is 0 Å². The summed E-state index contributed by atoms with van der Waals surface area (Å²) in [5, 5.41) is 1.64. The minimum Gasteiger partial charge on any atom is -0.465 e. The number of carbonyl (C=O) groups excluding carboxylic acids is 1. The average Bonchev–Trinajstić information content (AvgIpc) is 3.63. The van der Waals surface area contributed by atoms with Crippen LogP contribution < -0.4 is 0 Å². The SMILES string of the molecule is CCCCCCCCCC(S)CCC1(CCC(S)CCCCCCCCC)CC23COC(=O)C1(C2)C3(CCC(S)CCCCCCCCC)CCC(S)CCCCCCCCC. The lowest BCUT2D eigenvalue weighted by atomic mass is 9.35. The molecule has 0 aromatic heterocycles. The minimum atomic E-state index is -0.378. The topological polar surface area (TPSA) is 26.3 Å². The van der Waals surface area contributed by atoms with Gasteiger partial charge in [-0.3, -0.25) is 4.79 Å². The van der Waals surface area contributed by atoms with E-state index in [4.69, 9.17) is 55.3 Å². The summed E-state index contributed by atoms with van der Waals surface area (Å²) in [7, 11) is 0. The first-order valence-corrected chi connectivity index (χ1v) is 30.1. The van der Waals surface area contributed by atoms with E-state index in [1.807, 2.05) is 0 Å². The number of rotatable bonds is 44. The van der Waals surface area contributed by atoms with Crippen LogP contribution in [0.3, 0.4) is 0 Å². The second kappa shape index (κ2) is 32.6. The lowest BCUT2D eigenvalue weighted by Crippen LogP contribution is -2.71. The fraction of sp³-hybridized carbons (Fsp3) is 0.982. The molecule has 4 rings (SSSR count). The van der Waals surface area contributed by atoms with Gasteiger partial charge in [0, 0.05) is 26.4 Å². The van der Waals surface area contributed by atoms with Crippen molar-refractivity contribution >= 4 is 56.5 Å². The van der Waals surface area contributed by atoms with Gasteiger partial charge in [0.05, 0.1) is 12.0 Å². The lowest BCUT2D eigenvalue weighted by molar-refractivity contribution is -0.267. The van der Waals surface area contributed by atoms with Gasteiger partial charge in [-0.2, -0.15) is 50.5 Å². The average molecular weight is 940 g/mol. The number of thiol groups is 4. The summed E-state index contributed by atoms with van der Waals surface area (Å²) >= 11 is 21.3. The highest BCUT2D eigenvalue weighted by Gasteiger charge is 2.90. The van der Waals surface area contributed by atoms with Gasteiger partial charge >= 0.3 is 5.97 Å². The maximum atomic E-state index is 15.0. The number of esters is 1. The van der Waals surface area contributed by atoms with Crippen LogP contribution in [0.4, 0.5) is 0 Å². The van der Waals surface area contributed by atoms with E-state index in [0.29, 0.717) is 27.6 Å². The standard InChI is InChI=1S/C56H106O2S4/c1-5-9-13-17-21-25-29-33-48(59)37-41-53(42-38-49(60)34-30-26-22-18-14-10-6-2)45-54-46-56(53,52(57)58-47-54)55(54,43-39-50(61)35-31-27-23-19-15-11-7-3)44-40-51(62)36-32-28-24-20-16-12-8-4/h48-51,59-62H,5-47H2,1-4H3. The molecule has 0 aromatic rings. The molecule has 1 aliphatic heterocycles. The third-order valence-corrected chi connectivity index (χ3v) is 19.2. The smallest absolute Gasteiger partial charge is 0.313 e. The molecule has 1 heterocycles. The van der Waals surface area contributed by atoms with Crippen LogP contribution in [0, 0.1) is 21.7 Å². The van der Waals surface area contributed by atoms with Crippen molar-refractivity contribution in [2.24, 2.45) is 21.7 Å². The third-order valence-electron chi connectivity index (χ3n) is 17.1. The monoisotopic (exact) mass is 939 g/mol. The minimum absolute atomic E-state index is 0.00671. The number of hydrogen-bond donors (Lipinski definition) is 4. The van der Waals surface area contributed by atoms with Gasteiger partial charge < -0.3 is 4.74 Å². The Morgan fingerprint density at radius 3 is 1.02 bits per heavy atom. The molecule has 3 aliphatic carbocycles. The van der Waals surface area contributed by atoms with E-state index in [-0.39, 0.29) is 27.6 Å². The summed E-state index contributed by atoms with van der Waals surface area (Å²) in [5.74, 6) is 0.174. The summed E-state index contributed by atoms with van der Waals surface area (Å²) in [4.78, 5) is 15.0. The van der Waals surface area contributed by atoms with Crippen LogP contribution in [0.5, 0.6) is 0 Å². The second-order valence-electron chi connectivity index (χ2n) is 21.9. The zero-order valence-corrected chi connectivity index (χ0v) is 45.4. The zero-order chi connectivity index (χ0) is 45.0. The number of ether oxygens (including phenoxy) is 1. The van der Waals surface area contributed by atoms with E-state index in [1.54, 1.807) is 0 Å².